The van der Waals surface area contributed by atoms with Crippen LogP contribution in [-0.2, 0) is 5.75 Å². The van der Waals surface area contributed by atoms with Gasteiger partial charge in [0.05, 0.1) is 10.0 Å². The van der Waals surface area contributed by atoms with Crippen LogP contribution in [0.25, 0.3) is 10.8 Å². The third-order valence-electron chi connectivity index (χ3n) is 3.18. The lowest BCUT2D eigenvalue weighted by molar-refractivity contribution is 1.41. The van der Waals surface area contributed by atoms with Gasteiger partial charge in [0.25, 0.3) is 0 Å². The number of hydrogen-bond donors (Lipinski definition) is 0. The molecule has 0 heterocycles. The molecule has 0 unspecified atom stereocenters. The van der Waals surface area contributed by atoms with Crippen molar-refractivity contribution >= 4 is 45.7 Å². The van der Waals surface area contributed by atoms with Crippen molar-refractivity contribution in [3.63, 3.8) is 0 Å². The van der Waals surface area contributed by atoms with Crippen LogP contribution in [0.2, 0.25) is 10.0 Å². The van der Waals surface area contributed by atoms with Crippen LogP contribution in [0.5, 0.6) is 0 Å². The standard InChI is InChI=1S/C17H12Cl2S/c18-15-9-4-10-16(17(15)19)20-11-13-7-3-6-12-5-1-2-8-14(12)13/h1-10H,11H2. The van der Waals surface area contributed by atoms with Crippen LogP contribution in [0.3, 0.4) is 0 Å². The normalized spacial score (nSPS) is 10.9. The fraction of sp³-hybridized carbons (Fsp3) is 0.0588. The van der Waals surface area contributed by atoms with E-state index in [2.05, 4.69) is 42.5 Å². The van der Waals surface area contributed by atoms with E-state index in [9.17, 15) is 0 Å². The van der Waals surface area contributed by atoms with Gasteiger partial charge in [0.15, 0.2) is 0 Å². The van der Waals surface area contributed by atoms with E-state index in [0.29, 0.717) is 10.0 Å². The van der Waals surface area contributed by atoms with Crippen molar-refractivity contribution in [3.05, 3.63) is 76.3 Å². The van der Waals surface area contributed by atoms with E-state index in [4.69, 9.17) is 23.2 Å². The zero-order chi connectivity index (χ0) is 13.9. The van der Waals surface area contributed by atoms with E-state index in [0.717, 1.165) is 10.6 Å². The van der Waals surface area contributed by atoms with Gasteiger partial charge < -0.3 is 0 Å². The second-order valence-corrected chi connectivity index (χ2v) is 6.28. The molecule has 0 bridgehead atoms. The Kier molecular flexibility index (Phi) is 4.21. The lowest BCUT2D eigenvalue weighted by Crippen LogP contribution is -1.84. The lowest BCUT2D eigenvalue weighted by atomic mass is 10.1. The Balaban J connectivity index is 1.89. The predicted octanol–water partition coefficient (Wildman–Crippen LogP) is 6.44. The Morgan fingerprint density at radius 1 is 0.800 bits per heavy atom. The average molecular weight is 319 g/mol. The highest BCUT2D eigenvalue weighted by molar-refractivity contribution is 7.98. The summed E-state index contributed by atoms with van der Waals surface area (Å²) in [5.74, 6) is 0.876. The van der Waals surface area contributed by atoms with E-state index in [1.165, 1.54) is 16.3 Å². The van der Waals surface area contributed by atoms with Crippen molar-refractivity contribution in [2.45, 2.75) is 10.6 Å². The maximum atomic E-state index is 6.22. The molecule has 0 atom stereocenters. The summed E-state index contributed by atoms with van der Waals surface area (Å²) in [4.78, 5) is 1.02. The number of hydrogen-bond acceptors (Lipinski definition) is 1. The van der Waals surface area contributed by atoms with Gasteiger partial charge in [-0.05, 0) is 28.5 Å². The van der Waals surface area contributed by atoms with Crippen molar-refractivity contribution in [2.24, 2.45) is 0 Å². The largest absolute Gasteiger partial charge is 0.120 e. The Morgan fingerprint density at radius 2 is 1.55 bits per heavy atom. The quantitative estimate of drug-likeness (QED) is 0.501. The predicted molar refractivity (Wildman–Crippen MR) is 90.0 cm³/mol. The molecule has 0 N–H and O–H groups in total. The number of fused-ring (bicyclic) bond motifs is 1. The molecule has 3 aromatic rings. The fourth-order valence-corrected chi connectivity index (χ4v) is 3.66. The zero-order valence-corrected chi connectivity index (χ0v) is 13.0. The average Bonchev–Trinajstić information content (AvgIpc) is 2.49. The second kappa shape index (κ2) is 6.09. The van der Waals surface area contributed by atoms with Gasteiger partial charge in [0.2, 0.25) is 0 Å². The van der Waals surface area contributed by atoms with Gasteiger partial charge in [-0.2, -0.15) is 0 Å². The van der Waals surface area contributed by atoms with Crippen LogP contribution in [0.1, 0.15) is 5.56 Å². The smallest absolute Gasteiger partial charge is 0.0728 e. The van der Waals surface area contributed by atoms with Crippen molar-refractivity contribution in [3.8, 4) is 0 Å². The molecule has 0 nitrogen and oxygen atoms in total. The summed E-state index contributed by atoms with van der Waals surface area (Å²) in [5.41, 5.74) is 1.31. The molecule has 100 valence electrons. The second-order valence-electron chi connectivity index (χ2n) is 4.48. The van der Waals surface area contributed by atoms with E-state index >= 15 is 0 Å². The van der Waals surface area contributed by atoms with E-state index < -0.39 is 0 Å². The van der Waals surface area contributed by atoms with Crippen molar-refractivity contribution < 1.29 is 0 Å². The Morgan fingerprint density at radius 3 is 2.45 bits per heavy atom. The van der Waals surface area contributed by atoms with Crippen LogP contribution >= 0.6 is 35.0 Å². The van der Waals surface area contributed by atoms with Gasteiger partial charge >= 0.3 is 0 Å². The topological polar surface area (TPSA) is 0 Å². The zero-order valence-electron chi connectivity index (χ0n) is 10.6. The number of thioether (sulfide) groups is 1. The first-order valence-corrected chi connectivity index (χ1v) is 8.03. The summed E-state index contributed by atoms with van der Waals surface area (Å²) in [6, 6.07) is 20.6. The lowest BCUT2D eigenvalue weighted by Gasteiger charge is -2.08. The molecule has 0 aromatic heterocycles. The first kappa shape index (κ1) is 13.8. The van der Waals surface area contributed by atoms with Gasteiger partial charge in [-0.1, -0.05) is 71.7 Å². The van der Waals surface area contributed by atoms with Crippen LogP contribution in [0.15, 0.2) is 65.6 Å². The Bertz CT molecular complexity index is 748. The molecule has 3 rings (SSSR count). The molecule has 0 radical (unpaired) electrons. The first-order valence-electron chi connectivity index (χ1n) is 6.29. The summed E-state index contributed by atoms with van der Waals surface area (Å²) < 4.78 is 0. The molecule has 0 aliphatic heterocycles. The highest BCUT2D eigenvalue weighted by Crippen LogP contribution is 2.35. The van der Waals surface area contributed by atoms with Crippen LogP contribution < -0.4 is 0 Å². The minimum atomic E-state index is 0.606. The maximum Gasteiger partial charge on any atom is 0.0728 e. The SMILES string of the molecule is Clc1cccc(SCc2cccc3ccccc23)c1Cl. The summed E-state index contributed by atoms with van der Waals surface area (Å²) in [6.07, 6.45) is 0. The van der Waals surface area contributed by atoms with Crippen LogP contribution in [-0.4, -0.2) is 0 Å². The molecule has 0 saturated carbocycles. The number of rotatable bonds is 3. The highest BCUT2D eigenvalue weighted by atomic mass is 35.5. The Hall–Kier alpha value is -1.15. The molecule has 0 spiro atoms. The van der Waals surface area contributed by atoms with Gasteiger partial charge in [-0.3, -0.25) is 0 Å². The first-order chi connectivity index (χ1) is 9.75. The molecular weight excluding hydrogens is 307 g/mol. The van der Waals surface area contributed by atoms with Gasteiger partial charge in [-0.15, -0.1) is 11.8 Å². The van der Waals surface area contributed by atoms with Crippen molar-refractivity contribution in [2.75, 3.05) is 0 Å². The van der Waals surface area contributed by atoms with E-state index in [1.54, 1.807) is 11.8 Å². The molecule has 0 amide bonds. The molecule has 0 aliphatic rings. The Labute approximate surface area is 132 Å². The van der Waals surface area contributed by atoms with Gasteiger partial charge in [0, 0.05) is 10.6 Å². The van der Waals surface area contributed by atoms with Crippen LogP contribution in [0.4, 0.5) is 0 Å². The molecule has 0 aliphatic carbocycles. The molecule has 3 aromatic carbocycles. The molecule has 0 fully saturated rings. The maximum absolute atomic E-state index is 6.22. The van der Waals surface area contributed by atoms with E-state index in [-0.39, 0.29) is 0 Å². The van der Waals surface area contributed by atoms with Crippen molar-refractivity contribution in [1.29, 1.82) is 0 Å². The van der Waals surface area contributed by atoms with Gasteiger partial charge in [0.1, 0.15) is 0 Å². The van der Waals surface area contributed by atoms with Crippen LogP contribution in [0, 0.1) is 0 Å². The fourth-order valence-electron chi connectivity index (χ4n) is 2.17. The molecular formula is C17H12Cl2S. The summed E-state index contributed by atoms with van der Waals surface area (Å²) in [6.45, 7) is 0. The highest BCUT2D eigenvalue weighted by Gasteiger charge is 2.06. The number of halogens is 2. The summed E-state index contributed by atoms with van der Waals surface area (Å²) in [5, 5.41) is 3.80. The summed E-state index contributed by atoms with van der Waals surface area (Å²) >= 11 is 14.0. The minimum Gasteiger partial charge on any atom is -0.120 e. The third kappa shape index (κ3) is 2.80. The monoisotopic (exact) mass is 318 g/mol. The van der Waals surface area contributed by atoms with Crippen molar-refractivity contribution in [1.82, 2.24) is 0 Å². The molecule has 0 saturated heterocycles. The molecule has 3 heteroatoms. The van der Waals surface area contributed by atoms with Gasteiger partial charge in [-0.25, -0.2) is 0 Å². The molecule has 20 heavy (non-hydrogen) atoms. The van der Waals surface area contributed by atoms with E-state index in [1.807, 2.05) is 18.2 Å². The number of benzene rings is 3. The minimum absolute atomic E-state index is 0.606. The third-order valence-corrected chi connectivity index (χ3v) is 5.22. The summed E-state index contributed by atoms with van der Waals surface area (Å²) in [7, 11) is 0.